The fourth-order valence-corrected chi connectivity index (χ4v) is 3.72. The number of hydrogen-bond donors (Lipinski definition) is 3. The second kappa shape index (κ2) is 12.0. The molecule has 1 aromatic carbocycles. The van der Waals surface area contributed by atoms with Gasteiger partial charge in [0.05, 0.1) is 0 Å². The van der Waals surface area contributed by atoms with E-state index in [0.717, 1.165) is 25.6 Å². The number of guanidine groups is 1. The van der Waals surface area contributed by atoms with Crippen molar-refractivity contribution in [2.24, 2.45) is 4.99 Å². The lowest BCUT2D eigenvalue weighted by Gasteiger charge is -2.36. The molecule has 1 unspecified atom stereocenters. The van der Waals surface area contributed by atoms with Crippen LogP contribution in [0.1, 0.15) is 59.1 Å². The lowest BCUT2D eigenvalue weighted by molar-refractivity contribution is 0.167. The Labute approximate surface area is 189 Å². The van der Waals surface area contributed by atoms with Crippen LogP contribution in [0.5, 0.6) is 0 Å². The molecule has 0 bridgehead atoms. The maximum atomic E-state index is 4.43. The van der Waals surface area contributed by atoms with Gasteiger partial charge in [0.1, 0.15) is 0 Å². The second-order valence-electron chi connectivity index (χ2n) is 8.63. The zero-order chi connectivity index (χ0) is 19.9. The van der Waals surface area contributed by atoms with Gasteiger partial charge in [-0.1, -0.05) is 30.3 Å². The largest absolute Gasteiger partial charge is 0.355 e. The highest BCUT2D eigenvalue weighted by Gasteiger charge is 2.24. The molecule has 1 atom stereocenters. The van der Waals surface area contributed by atoms with Gasteiger partial charge in [0.15, 0.2) is 5.96 Å². The van der Waals surface area contributed by atoms with E-state index in [1.165, 1.54) is 18.4 Å². The van der Waals surface area contributed by atoms with E-state index in [0.29, 0.717) is 18.1 Å². The van der Waals surface area contributed by atoms with Gasteiger partial charge >= 0.3 is 0 Å². The van der Waals surface area contributed by atoms with E-state index in [2.05, 4.69) is 90.8 Å². The summed E-state index contributed by atoms with van der Waals surface area (Å²) in [6.45, 7) is 14.4. The number of nitrogens with zero attached hydrogens (tertiary/aromatic N) is 2. The highest BCUT2D eigenvalue weighted by molar-refractivity contribution is 14.0. The monoisotopic (exact) mass is 501 g/mol. The smallest absolute Gasteiger partial charge is 0.191 e. The summed E-state index contributed by atoms with van der Waals surface area (Å²) in [4.78, 5) is 6.98. The van der Waals surface area contributed by atoms with Crippen LogP contribution in [-0.2, 0) is 0 Å². The molecule has 6 heteroatoms. The summed E-state index contributed by atoms with van der Waals surface area (Å²) in [7, 11) is 1.85. The molecule has 1 fully saturated rings. The molecule has 0 aromatic heterocycles. The highest BCUT2D eigenvalue weighted by Crippen LogP contribution is 2.16. The van der Waals surface area contributed by atoms with Crippen LogP contribution < -0.4 is 16.0 Å². The molecule has 1 saturated heterocycles. The van der Waals surface area contributed by atoms with Gasteiger partial charge < -0.3 is 20.9 Å². The number of benzene rings is 1. The molecular formula is C22H40IN5. The third-order valence-electron chi connectivity index (χ3n) is 5.43. The van der Waals surface area contributed by atoms with E-state index < -0.39 is 0 Å². The number of rotatable bonds is 7. The summed E-state index contributed by atoms with van der Waals surface area (Å²) in [5, 5.41) is 10.8. The Kier molecular flexibility index (Phi) is 10.8. The first kappa shape index (κ1) is 25.2. The SMILES string of the molecule is CN=C(NCC(C)(C)NC(C)c1ccccc1)NC1CCN(C(C)C)CC1.I. The van der Waals surface area contributed by atoms with Gasteiger partial charge in [-0.2, -0.15) is 0 Å². The highest BCUT2D eigenvalue weighted by atomic mass is 127. The van der Waals surface area contributed by atoms with E-state index in [1.807, 2.05) is 7.05 Å². The van der Waals surface area contributed by atoms with Crippen LogP contribution in [0.25, 0.3) is 0 Å². The van der Waals surface area contributed by atoms with Gasteiger partial charge in [-0.25, -0.2) is 0 Å². The third kappa shape index (κ3) is 8.25. The standard InChI is InChI=1S/C22H39N5.HI/c1-17(2)27-14-12-20(13-15-27)25-21(23-6)24-16-22(4,5)26-18(3)19-10-8-7-9-11-19;/h7-11,17-18,20,26H,12-16H2,1-6H3,(H2,23,24,25);1H. The van der Waals surface area contributed by atoms with E-state index in [1.54, 1.807) is 0 Å². The molecule has 0 amide bonds. The zero-order valence-electron chi connectivity index (χ0n) is 18.5. The van der Waals surface area contributed by atoms with Crippen molar-refractivity contribution >= 4 is 29.9 Å². The number of hydrogen-bond acceptors (Lipinski definition) is 3. The molecule has 0 aliphatic carbocycles. The maximum absolute atomic E-state index is 4.43. The summed E-state index contributed by atoms with van der Waals surface area (Å²) >= 11 is 0. The fraction of sp³-hybridized carbons (Fsp3) is 0.682. The van der Waals surface area contributed by atoms with E-state index in [-0.39, 0.29) is 29.5 Å². The first-order valence-corrected chi connectivity index (χ1v) is 10.3. The van der Waals surface area contributed by atoms with Crippen LogP contribution >= 0.6 is 24.0 Å². The van der Waals surface area contributed by atoms with Crippen molar-refractivity contribution in [1.82, 2.24) is 20.9 Å². The molecule has 0 saturated carbocycles. The number of nitrogens with one attached hydrogen (secondary N) is 3. The Morgan fingerprint density at radius 2 is 1.75 bits per heavy atom. The fourth-order valence-electron chi connectivity index (χ4n) is 3.72. The van der Waals surface area contributed by atoms with Crippen molar-refractivity contribution in [3.63, 3.8) is 0 Å². The Hall–Kier alpha value is -0.860. The first-order chi connectivity index (χ1) is 12.8. The quantitative estimate of drug-likeness (QED) is 0.303. The number of piperidine rings is 1. The molecular weight excluding hydrogens is 461 g/mol. The Bertz CT molecular complexity index is 580. The molecule has 0 radical (unpaired) electrons. The topological polar surface area (TPSA) is 51.7 Å². The summed E-state index contributed by atoms with van der Waals surface area (Å²) in [5.74, 6) is 0.903. The van der Waals surface area contributed by atoms with Crippen LogP contribution in [0, 0.1) is 0 Å². The first-order valence-electron chi connectivity index (χ1n) is 10.3. The number of aliphatic imine (C=N–C) groups is 1. The van der Waals surface area contributed by atoms with Crippen LogP contribution in [-0.4, -0.2) is 55.2 Å². The zero-order valence-corrected chi connectivity index (χ0v) is 20.8. The Morgan fingerprint density at radius 1 is 1.14 bits per heavy atom. The summed E-state index contributed by atoms with van der Waals surface area (Å²) < 4.78 is 0. The van der Waals surface area contributed by atoms with Crippen LogP contribution in [0.2, 0.25) is 0 Å². The summed E-state index contributed by atoms with van der Waals surface area (Å²) in [6.07, 6.45) is 2.34. The average molecular weight is 502 g/mol. The molecule has 0 spiro atoms. The normalized spacial score (nSPS) is 17.9. The van der Waals surface area contributed by atoms with Crippen molar-refractivity contribution in [2.75, 3.05) is 26.7 Å². The van der Waals surface area contributed by atoms with Crippen molar-refractivity contribution in [3.05, 3.63) is 35.9 Å². The van der Waals surface area contributed by atoms with Crippen LogP contribution in [0.3, 0.4) is 0 Å². The summed E-state index contributed by atoms with van der Waals surface area (Å²) in [6, 6.07) is 12.0. The molecule has 5 nitrogen and oxygen atoms in total. The molecule has 1 aliphatic rings. The Morgan fingerprint density at radius 3 is 2.29 bits per heavy atom. The molecule has 1 aliphatic heterocycles. The van der Waals surface area contributed by atoms with E-state index in [4.69, 9.17) is 0 Å². The number of halogens is 1. The minimum atomic E-state index is -0.0477. The Balaban J connectivity index is 0.00000392. The minimum absolute atomic E-state index is 0. The molecule has 160 valence electrons. The van der Waals surface area contributed by atoms with Crippen molar-refractivity contribution in [2.45, 2.75) is 71.1 Å². The maximum Gasteiger partial charge on any atom is 0.191 e. The number of likely N-dealkylation sites (tertiary alicyclic amines) is 1. The van der Waals surface area contributed by atoms with Crippen molar-refractivity contribution < 1.29 is 0 Å². The van der Waals surface area contributed by atoms with Gasteiger partial charge in [-0.3, -0.25) is 4.99 Å². The molecule has 2 rings (SSSR count). The van der Waals surface area contributed by atoms with E-state index in [9.17, 15) is 0 Å². The average Bonchev–Trinajstić information content (AvgIpc) is 2.65. The lowest BCUT2D eigenvalue weighted by atomic mass is 10.0. The minimum Gasteiger partial charge on any atom is -0.355 e. The lowest BCUT2D eigenvalue weighted by Crippen LogP contribution is -2.54. The molecule has 1 aromatic rings. The summed E-state index contributed by atoms with van der Waals surface area (Å²) in [5.41, 5.74) is 1.26. The van der Waals surface area contributed by atoms with Gasteiger partial charge in [-0.15, -0.1) is 24.0 Å². The predicted molar refractivity (Wildman–Crippen MR) is 132 cm³/mol. The molecule has 3 N–H and O–H groups in total. The molecule has 28 heavy (non-hydrogen) atoms. The van der Waals surface area contributed by atoms with Crippen molar-refractivity contribution in [3.8, 4) is 0 Å². The van der Waals surface area contributed by atoms with Gasteiger partial charge in [-0.05, 0) is 53.0 Å². The van der Waals surface area contributed by atoms with Gasteiger partial charge in [0, 0.05) is 50.3 Å². The predicted octanol–water partition coefficient (Wildman–Crippen LogP) is 3.77. The second-order valence-corrected chi connectivity index (χ2v) is 8.63. The third-order valence-corrected chi connectivity index (χ3v) is 5.43. The van der Waals surface area contributed by atoms with Gasteiger partial charge in [0.2, 0.25) is 0 Å². The van der Waals surface area contributed by atoms with Crippen molar-refractivity contribution in [1.29, 1.82) is 0 Å². The van der Waals surface area contributed by atoms with Crippen LogP contribution in [0.15, 0.2) is 35.3 Å². The van der Waals surface area contributed by atoms with Crippen LogP contribution in [0.4, 0.5) is 0 Å². The van der Waals surface area contributed by atoms with E-state index >= 15 is 0 Å². The van der Waals surface area contributed by atoms with Gasteiger partial charge in [0.25, 0.3) is 0 Å². The molecule has 1 heterocycles.